The van der Waals surface area contributed by atoms with Crippen molar-refractivity contribution in [1.29, 1.82) is 0 Å². The molecule has 0 amide bonds. The number of benzene rings is 1. The van der Waals surface area contributed by atoms with E-state index in [-0.39, 0.29) is 0 Å². The molecule has 2 heteroatoms. The molecule has 4 atom stereocenters. The lowest BCUT2D eigenvalue weighted by atomic mass is 9.36. The smallest absolute Gasteiger partial charge is 0.119 e. The van der Waals surface area contributed by atoms with Crippen LogP contribution in [-0.4, -0.2) is 30.6 Å². The van der Waals surface area contributed by atoms with E-state index >= 15 is 0 Å². The van der Waals surface area contributed by atoms with E-state index in [4.69, 9.17) is 4.74 Å². The molecule has 2 saturated carbocycles. The van der Waals surface area contributed by atoms with Gasteiger partial charge in [0.05, 0.1) is 7.11 Å². The molecular formula is C18H23NO. The van der Waals surface area contributed by atoms with Gasteiger partial charge in [0.1, 0.15) is 5.75 Å². The number of nitrogens with zero attached hydrogens (tertiary/aromatic N) is 1. The number of likely N-dealkylation sites (N-methyl/N-ethyl adjacent to an activating group) is 1. The van der Waals surface area contributed by atoms with Gasteiger partial charge in [-0.25, -0.2) is 0 Å². The summed E-state index contributed by atoms with van der Waals surface area (Å²) in [5, 5.41) is 0. The molecule has 0 aromatic heterocycles. The molecule has 1 saturated heterocycles. The van der Waals surface area contributed by atoms with E-state index in [0.29, 0.717) is 11.0 Å². The van der Waals surface area contributed by atoms with Crippen LogP contribution in [0.3, 0.4) is 0 Å². The lowest BCUT2D eigenvalue weighted by Gasteiger charge is -2.79. The Bertz CT molecular complexity index is 597. The van der Waals surface area contributed by atoms with Gasteiger partial charge in [-0.2, -0.15) is 0 Å². The van der Waals surface area contributed by atoms with Crippen LogP contribution in [0, 0.1) is 5.92 Å². The van der Waals surface area contributed by atoms with Gasteiger partial charge >= 0.3 is 0 Å². The van der Waals surface area contributed by atoms with Crippen molar-refractivity contribution in [3.8, 4) is 5.75 Å². The van der Waals surface area contributed by atoms with Crippen molar-refractivity contribution in [3.63, 3.8) is 0 Å². The van der Waals surface area contributed by atoms with Crippen molar-refractivity contribution in [1.82, 2.24) is 4.90 Å². The van der Waals surface area contributed by atoms with Gasteiger partial charge in [-0.3, -0.25) is 4.90 Å². The molecule has 0 radical (unpaired) electrons. The van der Waals surface area contributed by atoms with Gasteiger partial charge in [0.25, 0.3) is 0 Å². The van der Waals surface area contributed by atoms with Gasteiger partial charge in [0, 0.05) is 22.9 Å². The molecule has 2 unspecified atom stereocenters. The quantitative estimate of drug-likeness (QED) is 0.776. The van der Waals surface area contributed by atoms with Crippen LogP contribution in [-0.2, 0) is 11.8 Å². The molecule has 1 aliphatic heterocycles. The zero-order chi connectivity index (χ0) is 13.5. The number of rotatable bonds is 1. The second-order valence-electron chi connectivity index (χ2n) is 7.53. The SMILES string of the molecule is COc1ccc2c(c1)[C@@]13CCCCC4(C1)C3[C@H](C2)N4C. The summed E-state index contributed by atoms with van der Waals surface area (Å²) in [6.07, 6.45) is 8.33. The van der Waals surface area contributed by atoms with Crippen molar-refractivity contribution in [2.75, 3.05) is 14.2 Å². The molecule has 1 aromatic rings. The molecule has 4 aliphatic rings. The molecule has 2 bridgehead atoms. The lowest BCUT2D eigenvalue weighted by molar-refractivity contribution is -0.248. The highest BCUT2D eigenvalue weighted by atomic mass is 16.5. The highest BCUT2D eigenvalue weighted by Gasteiger charge is 2.76. The van der Waals surface area contributed by atoms with Crippen LogP contribution < -0.4 is 4.74 Å². The molecule has 3 aliphatic carbocycles. The molecule has 5 rings (SSSR count). The Balaban J connectivity index is 1.70. The van der Waals surface area contributed by atoms with Crippen LogP contribution in [0.5, 0.6) is 5.75 Å². The van der Waals surface area contributed by atoms with E-state index in [1.54, 1.807) is 18.2 Å². The Morgan fingerprint density at radius 2 is 2.10 bits per heavy atom. The molecule has 1 heterocycles. The van der Waals surface area contributed by atoms with Crippen LogP contribution in [0.4, 0.5) is 0 Å². The first-order valence-electron chi connectivity index (χ1n) is 8.12. The van der Waals surface area contributed by atoms with E-state index in [9.17, 15) is 0 Å². The Labute approximate surface area is 121 Å². The number of hydrogen-bond donors (Lipinski definition) is 0. The number of methoxy groups -OCH3 is 1. The molecule has 2 spiro atoms. The fraction of sp³-hybridized carbons (Fsp3) is 0.667. The zero-order valence-corrected chi connectivity index (χ0v) is 12.5. The van der Waals surface area contributed by atoms with Crippen LogP contribution in [0.25, 0.3) is 0 Å². The lowest BCUT2D eigenvalue weighted by Crippen LogP contribution is -2.86. The van der Waals surface area contributed by atoms with Crippen molar-refractivity contribution < 1.29 is 4.74 Å². The maximum atomic E-state index is 5.50. The minimum Gasteiger partial charge on any atom is -0.497 e. The maximum absolute atomic E-state index is 5.50. The molecule has 3 fully saturated rings. The molecule has 106 valence electrons. The summed E-state index contributed by atoms with van der Waals surface area (Å²) in [6, 6.07) is 7.65. The van der Waals surface area contributed by atoms with E-state index in [1.165, 1.54) is 38.5 Å². The number of likely N-dealkylation sites (tertiary alicyclic amines) is 1. The predicted octanol–water partition coefficient (Wildman–Crippen LogP) is 3.14. The first-order chi connectivity index (χ1) is 9.71. The summed E-state index contributed by atoms with van der Waals surface area (Å²) in [5.74, 6) is 1.98. The zero-order valence-electron chi connectivity index (χ0n) is 12.5. The monoisotopic (exact) mass is 269 g/mol. The summed E-state index contributed by atoms with van der Waals surface area (Å²) in [4.78, 5) is 2.73. The number of piperidine rings is 1. The predicted molar refractivity (Wildman–Crippen MR) is 79.2 cm³/mol. The van der Waals surface area contributed by atoms with Crippen molar-refractivity contribution in [2.24, 2.45) is 5.92 Å². The minimum absolute atomic E-state index is 0.496. The Kier molecular flexibility index (Phi) is 1.98. The topological polar surface area (TPSA) is 12.5 Å². The van der Waals surface area contributed by atoms with Gasteiger partial charge in [0.2, 0.25) is 0 Å². The van der Waals surface area contributed by atoms with Gasteiger partial charge in [-0.15, -0.1) is 0 Å². The van der Waals surface area contributed by atoms with Crippen LogP contribution in [0.1, 0.15) is 43.2 Å². The third-order valence-corrected chi connectivity index (χ3v) is 7.15. The third kappa shape index (κ3) is 1.03. The standard InChI is InChI=1S/C18H23NO/c1-19-15-9-12-5-6-13(20-2)10-14(12)17-7-3-4-8-18(19,11-17)16(15)17/h5-6,10,15-16H,3-4,7-9,11H2,1-2H3/t15-,16?,17+,18?/m0/s1. The molecule has 2 nitrogen and oxygen atoms in total. The second-order valence-corrected chi connectivity index (χ2v) is 7.53. The minimum atomic E-state index is 0.496. The Hall–Kier alpha value is -1.02. The van der Waals surface area contributed by atoms with Crippen LogP contribution in [0.15, 0.2) is 18.2 Å². The largest absolute Gasteiger partial charge is 0.497 e. The highest BCUT2D eigenvalue weighted by Crippen LogP contribution is 2.73. The van der Waals surface area contributed by atoms with Crippen molar-refractivity contribution in [2.45, 2.75) is 55.5 Å². The fourth-order valence-corrected chi connectivity index (χ4v) is 6.43. The van der Waals surface area contributed by atoms with Crippen LogP contribution in [0.2, 0.25) is 0 Å². The summed E-state index contributed by atoms with van der Waals surface area (Å²) in [6.45, 7) is 0. The Morgan fingerprint density at radius 1 is 1.25 bits per heavy atom. The fourth-order valence-electron chi connectivity index (χ4n) is 6.43. The van der Waals surface area contributed by atoms with Gasteiger partial charge in [-0.05, 0) is 56.0 Å². The number of ether oxygens (including phenoxy) is 1. The van der Waals surface area contributed by atoms with Crippen LogP contribution >= 0.6 is 0 Å². The van der Waals surface area contributed by atoms with Gasteiger partial charge in [-0.1, -0.05) is 18.9 Å². The van der Waals surface area contributed by atoms with Crippen molar-refractivity contribution >= 4 is 0 Å². The highest BCUT2D eigenvalue weighted by molar-refractivity contribution is 5.52. The second kappa shape index (κ2) is 3.41. The van der Waals surface area contributed by atoms with E-state index < -0.39 is 0 Å². The van der Waals surface area contributed by atoms with E-state index in [0.717, 1.165) is 17.7 Å². The van der Waals surface area contributed by atoms with E-state index in [1.807, 2.05) is 0 Å². The maximum Gasteiger partial charge on any atom is 0.119 e. The Morgan fingerprint density at radius 3 is 2.95 bits per heavy atom. The molecule has 1 aromatic carbocycles. The molecule has 20 heavy (non-hydrogen) atoms. The van der Waals surface area contributed by atoms with Gasteiger partial charge < -0.3 is 4.74 Å². The molecular weight excluding hydrogens is 246 g/mol. The van der Waals surface area contributed by atoms with E-state index in [2.05, 4.69) is 30.1 Å². The number of fused-ring (bicyclic) bond motifs is 1. The summed E-state index contributed by atoms with van der Waals surface area (Å²) >= 11 is 0. The normalized spacial score (nSPS) is 44.5. The average molecular weight is 269 g/mol. The molecule has 0 N–H and O–H groups in total. The summed E-state index contributed by atoms with van der Waals surface area (Å²) in [5.41, 5.74) is 4.30. The van der Waals surface area contributed by atoms with Gasteiger partial charge in [0.15, 0.2) is 0 Å². The first-order valence-corrected chi connectivity index (χ1v) is 8.12. The summed E-state index contributed by atoms with van der Waals surface area (Å²) < 4.78 is 5.50. The summed E-state index contributed by atoms with van der Waals surface area (Å²) in [7, 11) is 4.17. The first kappa shape index (κ1) is 11.6. The number of hydrogen-bond acceptors (Lipinski definition) is 2. The van der Waals surface area contributed by atoms with Crippen molar-refractivity contribution in [3.05, 3.63) is 29.3 Å². The third-order valence-electron chi connectivity index (χ3n) is 7.15. The average Bonchev–Trinajstić information content (AvgIpc) is 2.76.